The molecule has 1 fully saturated rings. The Balaban J connectivity index is 1.91. The summed E-state index contributed by atoms with van der Waals surface area (Å²) >= 11 is 0. The van der Waals surface area contributed by atoms with Gasteiger partial charge >= 0.3 is 11.9 Å². The van der Waals surface area contributed by atoms with Crippen LogP contribution in [0.25, 0.3) is 0 Å². The third kappa shape index (κ3) is 3.69. The number of sulfone groups is 1. The quantitative estimate of drug-likeness (QED) is 0.659. The number of carbonyl (C=O) groups is 2. The lowest BCUT2D eigenvalue weighted by molar-refractivity contribution is -0.148. The van der Waals surface area contributed by atoms with Gasteiger partial charge in [-0.2, -0.15) is 0 Å². The van der Waals surface area contributed by atoms with Crippen LogP contribution in [0, 0.1) is 13.8 Å². The normalized spacial score (nSPS) is 15.8. The molecular formula is C21H24O7S. The molecule has 1 saturated carbocycles. The third-order valence-corrected chi connectivity index (χ3v) is 8.04. The highest BCUT2D eigenvalue weighted by atomic mass is 32.2. The van der Waals surface area contributed by atoms with Crippen molar-refractivity contribution in [2.45, 2.75) is 55.8 Å². The van der Waals surface area contributed by atoms with E-state index in [0.717, 1.165) is 5.56 Å². The van der Waals surface area contributed by atoms with Crippen LogP contribution in [-0.2, 0) is 30.7 Å². The Labute approximate surface area is 169 Å². The molecule has 1 aliphatic rings. The Morgan fingerprint density at radius 1 is 1.14 bits per heavy atom. The summed E-state index contributed by atoms with van der Waals surface area (Å²) in [5.41, 5.74) is 1.53. The van der Waals surface area contributed by atoms with Gasteiger partial charge in [0, 0.05) is 0 Å². The summed E-state index contributed by atoms with van der Waals surface area (Å²) in [6.45, 7) is 3.18. The Morgan fingerprint density at radius 2 is 1.83 bits per heavy atom. The van der Waals surface area contributed by atoms with Crippen molar-refractivity contribution >= 4 is 21.8 Å². The number of esters is 2. The molecule has 0 N–H and O–H groups in total. The predicted molar refractivity (Wildman–Crippen MR) is 104 cm³/mol. The summed E-state index contributed by atoms with van der Waals surface area (Å²) in [5.74, 6) is -1.33. The van der Waals surface area contributed by atoms with Gasteiger partial charge < -0.3 is 13.9 Å². The first-order chi connectivity index (χ1) is 13.7. The zero-order chi connectivity index (χ0) is 21.2. The number of hydrogen-bond acceptors (Lipinski definition) is 7. The van der Waals surface area contributed by atoms with Crippen LogP contribution >= 0.6 is 0 Å². The highest BCUT2D eigenvalue weighted by Gasteiger charge is 2.54. The summed E-state index contributed by atoms with van der Waals surface area (Å²) < 4.78 is 40.7. The van der Waals surface area contributed by atoms with Crippen molar-refractivity contribution in [1.29, 1.82) is 0 Å². The average molecular weight is 420 g/mol. The van der Waals surface area contributed by atoms with E-state index in [9.17, 15) is 18.0 Å². The van der Waals surface area contributed by atoms with Crippen molar-refractivity contribution in [2.75, 3.05) is 7.11 Å². The molecule has 156 valence electrons. The summed E-state index contributed by atoms with van der Waals surface area (Å²) in [4.78, 5) is 25.0. The second-order valence-electron chi connectivity index (χ2n) is 7.30. The number of hydrogen-bond donors (Lipinski definition) is 0. The summed E-state index contributed by atoms with van der Waals surface area (Å²) in [6.07, 6.45) is 2.92. The Kier molecular flexibility index (Phi) is 5.84. The number of ether oxygens (including phenoxy) is 2. The zero-order valence-corrected chi connectivity index (χ0v) is 17.5. The molecule has 0 saturated heterocycles. The number of rotatable bonds is 6. The van der Waals surface area contributed by atoms with Crippen LogP contribution in [0.3, 0.4) is 0 Å². The Bertz CT molecular complexity index is 1030. The molecule has 0 unspecified atom stereocenters. The summed E-state index contributed by atoms with van der Waals surface area (Å²) in [5, 5.41) is 0. The van der Waals surface area contributed by atoms with Crippen LogP contribution in [0.15, 0.2) is 39.8 Å². The van der Waals surface area contributed by atoms with Crippen molar-refractivity contribution in [3.63, 3.8) is 0 Å². The molecule has 0 radical (unpaired) electrons. The molecule has 1 heterocycles. The average Bonchev–Trinajstić information content (AvgIpc) is 3.37. The minimum atomic E-state index is -3.97. The molecule has 1 aromatic heterocycles. The lowest BCUT2D eigenvalue weighted by atomic mass is 10.1. The second-order valence-corrected chi connectivity index (χ2v) is 9.53. The first kappa shape index (κ1) is 21.1. The first-order valence-corrected chi connectivity index (χ1v) is 10.8. The molecule has 29 heavy (non-hydrogen) atoms. The fraction of sp³-hybridized carbons (Fsp3) is 0.429. The number of furan rings is 1. The molecule has 0 amide bonds. The maximum atomic E-state index is 13.6. The van der Waals surface area contributed by atoms with Crippen molar-refractivity contribution in [3.8, 4) is 0 Å². The van der Waals surface area contributed by atoms with Crippen LogP contribution in [0.1, 0.15) is 52.9 Å². The molecule has 0 spiro atoms. The van der Waals surface area contributed by atoms with Gasteiger partial charge in [-0.25, -0.2) is 13.2 Å². The number of benzene rings is 1. The van der Waals surface area contributed by atoms with Crippen LogP contribution in [-0.4, -0.2) is 32.2 Å². The van der Waals surface area contributed by atoms with E-state index in [1.165, 1.54) is 19.4 Å². The lowest BCUT2D eigenvalue weighted by Gasteiger charge is -2.27. The molecule has 1 aromatic carbocycles. The monoisotopic (exact) mass is 420 g/mol. The van der Waals surface area contributed by atoms with Gasteiger partial charge in [0.2, 0.25) is 0 Å². The smallest absolute Gasteiger partial charge is 0.341 e. The highest BCUT2D eigenvalue weighted by molar-refractivity contribution is 7.93. The zero-order valence-electron chi connectivity index (χ0n) is 16.7. The molecule has 0 bridgehead atoms. The Hall–Kier alpha value is -2.61. The SMILES string of the molecule is COC(=O)c1ccoc1COC(=O)C1(S(=O)(=O)c2cc(C)ccc2C)CCCC1. The maximum Gasteiger partial charge on any atom is 0.341 e. The van der Waals surface area contributed by atoms with E-state index in [4.69, 9.17) is 9.15 Å². The minimum absolute atomic E-state index is 0.113. The molecule has 1 aliphatic carbocycles. The van der Waals surface area contributed by atoms with Crippen LogP contribution in [0.2, 0.25) is 0 Å². The molecule has 0 atom stereocenters. The standard InChI is InChI=1S/C21H24O7S/c1-14-6-7-15(2)18(12-14)29(24,25)21(9-4-5-10-21)20(23)28-13-17-16(8-11-27-17)19(22)26-3/h6-8,11-12H,4-5,9-10,13H2,1-3H3. The van der Waals surface area contributed by atoms with E-state index < -0.39 is 26.5 Å². The van der Waals surface area contributed by atoms with E-state index >= 15 is 0 Å². The van der Waals surface area contributed by atoms with Crippen LogP contribution < -0.4 is 0 Å². The van der Waals surface area contributed by atoms with Gasteiger partial charge in [0.25, 0.3) is 0 Å². The second kappa shape index (κ2) is 8.02. The van der Waals surface area contributed by atoms with Crippen molar-refractivity contribution in [1.82, 2.24) is 0 Å². The lowest BCUT2D eigenvalue weighted by Crippen LogP contribution is -2.45. The van der Waals surface area contributed by atoms with Crippen molar-refractivity contribution in [2.24, 2.45) is 0 Å². The number of carbonyl (C=O) groups excluding carboxylic acids is 2. The fourth-order valence-corrected chi connectivity index (χ4v) is 6.10. The van der Waals surface area contributed by atoms with E-state index in [2.05, 4.69) is 4.74 Å². The van der Waals surface area contributed by atoms with E-state index in [1.54, 1.807) is 19.1 Å². The van der Waals surface area contributed by atoms with Gasteiger partial charge in [0.15, 0.2) is 20.3 Å². The number of methoxy groups -OCH3 is 1. The molecule has 2 aromatic rings. The Morgan fingerprint density at radius 3 is 2.48 bits per heavy atom. The minimum Gasteiger partial charge on any atom is -0.465 e. The topological polar surface area (TPSA) is 99.9 Å². The maximum absolute atomic E-state index is 13.6. The molecule has 7 nitrogen and oxygen atoms in total. The molecular weight excluding hydrogens is 396 g/mol. The van der Waals surface area contributed by atoms with Gasteiger partial charge in [0.1, 0.15) is 12.2 Å². The van der Waals surface area contributed by atoms with Crippen LogP contribution in [0.4, 0.5) is 0 Å². The first-order valence-electron chi connectivity index (χ1n) is 9.37. The van der Waals surface area contributed by atoms with Gasteiger partial charge in [-0.3, -0.25) is 4.79 Å². The molecule has 8 heteroatoms. The third-order valence-electron chi connectivity index (χ3n) is 5.42. The molecule has 3 rings (SSSR count). The predicted octanol–water partition coefficient (Wildman–Crippen LogP) is 3.51. The largest absolute Gasteiger partial charge is 0.465 e. The van der Waals surface area contributed by atoms with Gasteiger partial charge in [-0.15, -0.1) is 0 Å². The van der Waals surface area contributed by atoms with Gasteiger partial charge in [0.05, 0.1) is 18.3 Å². The van der Waals surface area contributed by atoms with Crippen molar-refractivity contribution < 1.29 is 31.9 Å². The van der Waals surface area contributed by atoms with E-state index in [-0.39, 0.29) is 35.7 Å². The molecule has 0 aliphatic heterocycles. The highest BCUT2D eigenvalue weighted by Crippen LogP contribution is 2.42. The van der Waals surface area contributed by atoms with E-state index in [1.807, 2.05) is 13.0 Å². The fourth-order valence-electron chi connectivity index (χ4n) is 3.74. The van der Waals surface area contributed by atoms with E-state index in [0.29, 0.717) is 18.4 Å². The summed E-state index contributed by atoms with van der Waals surface area (Å²) in [7, 11) is -2.74. The van der Waals surface area contributed by atoms with Crippen molar-refractivity contribution in [3.05, 3.63) is 53.0 Å². The van der Waals surface area contributed by atoms with Gasteiger partial charge in [-0.05, 0) is 49.9 Å². The van der Waals surface area contributed by atoms with Crippen LogP contribution in [0.5, 0.6) is 0 Å². The summed E-state index contributed by atoms with van der Waals surface area (Å²) in [6, 6.07) is 6.58. The number of aryl methyl sites for hydroxylation is 2. The van der Waals surface area contributed by atoms with Gasteiger partial charge in [-0.1, -0.05) is 25.0 Å².